The Balaban J connectivity index is 0.867. The number of hydrogen-bond acceptors (Lipinski definition) is 13. The van der Waals surface area contributed by atoms with Crippen LogP contribution >= 0.6 is 11.9 Å². The summed E-state index contributed by atoms with van der Waals surface area (Å²) in [5, 5.41) is 17.5. The number of carbonyl (C=O) groups excluding carboxylic acids is 1. The number of pyridine rings is 1. The molecule has 16 heteroatoms. The van der Waals surface area contributed by atoms with E-state index < -0.39 is 17.3 Å². The second-order valence-electron chi connectivity index (χ2n) is 21.1. The lowest BCUT2D eigenvalue weighted by atomic mass is 9.70. The molecule has 0 unspecified atom stereocenters. The van der Waals surface area contributed by atoms with Crippen LogP contribution in [0.15, 0.2) is 76.9 Å². The van der Waals surface area contributed by atoms with E-state index in [2.05, 4.69) is 73.1 Å². The molecule has 5 heterocycles. The summed E-state index contributed by atoms with van der Waals surface area (Å²) in [5.41, 5.74) is 4.78. The van der Waals surface area contributed by atoms with Gasteiger partial charge in [0, 0.05) is 68.2 Å². The molecule has 4 fully saturated rings. The van der Waals surface area contributed by atoms with Crippen molar-refractivity contribution in [3.63, 3.8) is 0 Å². The van der Waals surface area contributed by atoms with Gasteiger partial charge in [-0.1, -0.05) is 44.5 Å². The minimum Gasteiger partial charge on any atom is -0.489 e. The predicted molar refractivity (Wildman–Crippen MR) is 272 cm³/mol. The molecule has 2 aromatic heterocycles. The maximum absolute atomic E-state index is 15.1. The Morgan fingerprint density at radius 3 is 2.57 bits per heavy atom. The van der Waals surface area contributed by atoms with Crippen LogP contribution in [0.1, 0.15) is 119 Å². The van der Waals surface area contributed by atoms with Crippen LogP contribution in [0.25, 0.3) is 11.0 Å². The number of carbonyl (C=O) groups is 1. The van der Waals surface area contributed by atoms with Crippen molar-refractivity contribution in [3.05, 3.63) is 94.3 Å². The number of nitrogens with zero attached hydrogens (tertiary/aromatic N) is 4. The number of nitrogens with one attached hydrogen (secondary N) is 3. The van der Waals surface area contributed by atoms with Crippen LogP contribution in [0.2, 0.25) is 0 Å². The molecule has 14 nitrogen and oxygen atoms in total. The number of methoxy groups -OCH3 is 1. The quantitative estimate of drug-likeness (QED) is 0.0581. The van der Waals surface area contributed by atoms with E-state index in [1.54, 1.807) is 25.3 Å². The highest BCUT2D eigenvalue weighted by Gasteiger charge is 2.49. The number of halogens is 1. The summed E-state index contributed by atoms with van der Waals surface area (Å²) in [7, 11) is 1.59. The zero-order valence-corrected chi connectivity index (χ0v) is 41.7. The summed E-state index contributed by atoms with van der Waals surface area (Å²) in [4.78, 5) is 39.6. The van der Waals surface area contributed by atoms with Crippen LogP contribution in [-0.4, -0.2) is 96.2 Å². The van der Waals surface area contributed by atoms with Gasteiger partial charge in [0.25, 0.3) is 11.8 Å². The lowest BCUT2D eigenvalue weighted by Gasteiger charge is -2.57. The Bertz CT molecular complexity index is 2710. The summed E-state index contributed by atoms with van der Waals surface area (Å²) in [6, 6.07) is 20.2. The normalized spacial score (nSPS) is 24.7. The van der Waals surface area contributed by atoms with E-state index in [9.17, 15) is 14.8 Å². The molecule has 4 N–H and O–H groups in total. The number of piperidine rings is 1. The maximum Gasteiger partial charge on any atom is 0.265 e. The number of aromatic nitrogens is 2. The van der Waals surface area contributed by atoms with Crippen molar-refractivity contribution in [1.29, 1.82) is 0 Å². The Morgan fingerprint density at radius 2 is 1.81 bits per heavy atom. The Labute approximate surface area is 413 Å². The molecule has 70 heavy (non-hydrogen) atoms. The zero-order valence-electron chi connectivity index (χ0n) is 40.9. The molecule has 4 atom stereocenters. The van der Waals surface area contributed by atoms with Gasteiger partial charge in [-0.2, -0.15) is 4.98 Å². The molecule has 10 rings (SSSR count). The molecule has 1 amide bonds. The lowest BCUT2D eigenvalue weighted by Crippen LogP contribution is -2.63. The third kappa shape index (κ3) is 9.93. The SMILES string of the molecule is CO[C@@H](C)COc1nc2[nH]cc(F)c2cc1Oc1cc(N2CCC3(CC2)CN([C@@H]2CCC[C@@H]2c2ccccc2C(C)C)C3)ccc1C(=O)NSc1cc(N=O)c2c(c1)OC[C@H]([C@H]1CC[C@](C)(O)CC1)N2. The highest BCUT2D eigenvalue weighted by atomic mass is 32.2. The first-order valence-corrected chi connectivity index (χ1v) is 25.9. The Hall–Kier alpha value is -5.42. The lowest BCUT2D eigenvalue weighted by molar-refractivity contribution is -0.0493. The van der Waals surface area contributed by atoms with Crippen LogP contribution in [0.5, 0.6) is 23.1 Å². The number of H-pyrrole nitrogens is 1. The zero-order chi connectivity index (χ0) is 48.7. The number of aliphatic hydroxyl groups is 1. The first-order valence-electron chi connectivity index (χ1n) is 25.1. The van der Waals surface area contributed by atoms with Gasteiger partial charge in [0.2, 0.25) is 0 Å². The van der Waals surface area contributed by atoms with Crippen LogP contribution in [0.3, 0.4) is 0 Å². The molecule has 372 valence electrons. The van der Waals surface area contributed by atoms with Gasteiger partial charge in [0.05, 0.1) is 28.7 Å². The van der Waals surface area contributed by atoms with Crippen molar-refractivity contribution < 1.29 is 33.2 Å². The highest BCUT2D eigenvalue weighted by Crippen LogP contribution is 2.50. The summed E-state index contributed by atoms with van der Waals surface area (Å²) < 4.78 is 42.4. The molecular weight excluding hydrogens is 910 g/mol. The van der Waals surface area contributed by atoms with E-state index in [0.29, 0.717) is 59.3 Å². The molecule has 5 aromatic rings. The number of amides is 1. The van der Waals surface area contributed by atoms with E-state index in [1.165, 1.54) is 42.7 Å². The Morgan fingerprint density at radius 1 is 1.03 bits per heavy atom. The smallest absolute Gasteiger partial charge is 0.265 e. The van der Waals surface area contributed by atoms with Crippen LogP contribution in [0.4, 0.5) is 21.5 Å². The van der Waals surface area contributed by atoms with E-state index in [-0.39, 0.29) is 64.1 Å². The van der Waals surface area contributed by atoms with E-state index in [4.69, 9.17) is 18.9 Å². The number of benzene rings is 3. The van der Waals surface area contributed by atoms with Crippen molar-refractivity contribution in [2.45, 2.75) is 126 Å². The minimum atomic E-state index is -0.657. The molecular formula is C54H66FN7O7S. The van der Waals surface area contributed by atoms with Crippen molar-refractivity contribution >= 4 is 46.0 Å². The third-order valence-corrected chi connectivity index (χ3v) is 16.7. The van der Waals surface area contributed by atoms with Crippen molar-refractivity contribution in [2.24, 2.45) is 16.5 Å². The average molecular weight is 976 g/mol. The third-order valence-electron chi connectivity index (χ3n) is 15.9. The number of rotatable bonds is 15. The molecule has 2 saturated carbocycles. The van der Waals surface area contributed by atoms with E-state index >= 15 is 4.39 Å². The Kier molecular flexibility index (Phi) is 13.8. The van der Waals surface area contributed by atoms with Gasteiger partial charge in [-0.05, 0) is 141 Å². The molecule has 2 aliphatic carbocycles. The molecule has 3 aliphatic heterocycles. The van der Waals surface area contributed by atoms with Gasteiger partial charge in [0.15, 0.2) is 5.75 Å². The maximum atomic E-state index is 15.1. The van der Waals surface area contributed by atoms with Gasteiger partial charge in [0.1, 0.15) is 47.6 Å². The first-order chi connectivity index (χ1) is 33.8. The van der Waals surface area contributed by atoms with E-state index in [0.717, 1.165) is 69.5 Å². The predicted octanol–water partition coefficient (Wildman–Crippen LogP) is 11.2. The molecule has 0 bridgehead atoms. The second kappa shape index (κ2) is 20.0. The van der Waals surface area contributed by atoms with Crippen molar-refractivity contribution in [2.75, 3.05) is 56.7 Å². The van der Waals surface area contributed by atoms with Crippen LogP contribution < -0.4 is 29.1 Å². The fourth-order valence-corrected chi connectivity index (χ4v) is 12.3. The summed E-state index contributed by atoms with van der Waals surface area (Å²) in [6.45, 7) is 12.9. The van der Waals surface area contributed by atoms with Crippen LogP contribution in [0, 0.1) is 22.1 Å². The summed E-state index contributed by atoms with van der Waals surface area (Å²) in [5.74, 6) is 1.39. The number of nitroso groups, excluding NO2 is 1. The standard InChI is InChI=1S/C54H66FN7O7S/c1-32(2)37-9-6-7-10-38(37)39-11-8-12-45(39)62-30-54(31-62)19-21-61(22-20-54)35-13-14-40(46(23-35)69-48-26-41-42(55)27-56-50(41)58-52(48)68-28-33(3)66-5)51(63)60-70-36-24-43(59-65)49-47(25-36)67-29-44(57-49)34-15-17-53(4,64)18-16-34/h6-7,9-10,13-14,23-27,32-34,39,44-45,57,64H,8,11-12,15-22,28-31H2,1-5H3,(H,56,58)(H,60,63)/t33-,34-,39+,44+,45+,53-/m0/s1. The van der Waals surface area contributed by atoms with Gasteiger partial charge < -0.3 is 39.3 Å². The number of likely N-dealkylation sites (tertiary alicyclic amines) is 1. The molecule has 2 saturated heterocycles. The summed E-state index contributed by atoms with van der Waals surface area (Å²) in [6.07, 6.45) is 9.97. The van der Waals surface area contributed by atoms with Gasteiger partial charge in [-0.3, -0.25) is 14.4 Å². The summed E-state index contributed by atoms with van der Waals surface area (Å²) >= 11 is 1.03. The average Bonchev–Trinajstić information content (AvgIpc) is 3.99. The monoisotopic (exact) mass is 975 g/mol. The first kappa shape index (κ1) is 48.2. The van der Waals surface area contributed by atoms with Crippen molar-refractivity contribution in [1.82, 2.24) is 19.6 Å². The number of aromatic amines is 1. The largest absolute Gasteiger partial charge is 0.489 e. The van der Waals surface area contributed by atoms with Gasteiger partial charge >= 0.3 is 0 Å². The molecule has 1 spiro atoms. The van der Waals surface area contributed by atoms with Gasteiger partial charge in [-0.25, -0.2) is 4.39 Å². The number of anilines is 2. The van der Waals surface area contributed by atoms with Gasteiger partial charge in [-0.15, -0.1) is 4.91 Å². The minimum absolute atomic E-state index is 0.0227. The fourth-order valence-electron chi connectivity index (χ4n) is 11.7. The second-order valence-corrected chi connectivity index (χ2v) is 22.0. The highest BCUT2D eigenvalue weighted by molar-refractivity contribution is 7.98. The molecule has 0 radical (unpaired) electrons. The number of ether oxygens (including phenoxy) is 4. The number of fused-ring (bicyclic) bond motifs is 2. The van der Waals surface area contributed by atoms with Crippen LogP contribution in [-0.2, 0) is 4.74 Å². The van der Waals surface area contributed by atoms with E-state index in [1.807, 2.05) is 26.0 Å². The topological polar surface area (TPSA) is 163 Å². The number of hydrogen-bond donors (Lipinski definition) is 4. The fraction of sp³-hybridized carbons (Fsp3) is 0.519. The molecule has 3 aromatic carbocycles. The molecule has 5 aliphatic rings. The van der Waals surface area contributed by atoms with Crippen molar-refractivity contribution in [3.8, 4) is 23.1 Å².